The Balaban J connectivity index is 2.36. The Morgan fingerprint density at radius 3 is 2.35 bits per heavy atom. The third-order valence-corrected chi connectivity index (χ3v) is 2.40. The summed E-state index contributed by atoms with van der Waals surface area (Å²) in [4.78, 5) is 11.0. The summed E-state index contributed by atoms with van der Waals surface area (Å²) in [5.41, 5.74) is 9.33. The molecule has 3 nitrogen and oxygen atoms in total. The van der Waals surface area contributed by atoms with E-state index < -0.39 is 0 Å². The molecule has 1 amide bonds. The van der Waals surface area contributed by atoms with Gasteiger partial charge in [0.1, 0.15) is 0 Å². The van der Waals surface area contributed by atoms with Gasteiger partial charge in [-0.2, -0.15) is 0 Å². The van der Waals surface area contributed by atoms with Crippen LogP contribution in [0.25, 0.3) is 11.1 Å². The fourth-order valence-corrected chi connectivity index (χ4v) is 1.70. The Morgan fingerprint density at radius 2 is 1.71 bits per heavy atom. The highest BCUT2D eigenvalue weighted by Gasteiger charge is 2.00. The lowest BCUT2D eigenvalue weighted by molar-refractivity contribution is -0.114. The highest BCUT2D eigenvalue weighted by Crippen LogP contribution is 2.24. The number of anilines is 2. The molecule has 2 aromatic carbocycles. The van der Waals surface area contributed by atoms with Gasteiger partial charge in [-0.25, -0.2) is 0 Å². The second-order valence-electron chi connectivity index (χ2n) is 3.89. The van der Waals surface area contributed by atoms with Crippen LogP contribution < -0.4 is 11.1 Å². The van der Waals surface area contributed by atoms with Crippen molar-refractivity contribution in [2.24, 2.45) is 0 Å². The van der Waals surface area contributed by atoms with Crippen LogP contribution in [0.1, 0.15) is 6.92 Å². The number of hydrogen-bond acceptors (Lipinski definition) is 2. The van der Waals surface area contributed by atoms with E-state index >= 15 is 0 Å². The Morgan fingerprint density at radius 1 is 1.06 bits per heavy atom. The first kappa shape index (κ1) is 11.2. The van der Waals surface area contributed by atoms with Crippen LogP contribution in [0.4, 0.5) is 11.4 Å². The normalized spacial score (nSPS) is 9.94. The molecule has 0 aliphatic heterocycles. The number of rotatable bonds is 2. The maximum absolute atomic E-state index is 11.0. The standard InChI is InChI=1S/C14H14N2O/c1-10(17)16-14-7-3-5-12(9-14)11-4-2-6-13(15)8-11/h2-9H,15H2,1H3,(H,16,17). The van der Waals surface area contributed by atoms with Crippen LogP contribution >= 0.6 is 0 Å². The number of carbonyl (C=O) groups is 1. The monoisotopic (exact) mass is 226 g/mol. The second kappa shape index (κ2) is 4.70. The van der Waals surface area contributed by atoms with Crippen molar-refractivity contribution in [3.05, 3.63) is 48.5 Å². The molecule has 0 spiro atoms. The molecule has 86 valence electrons. The zero-order valence-corrected chi connectivity index (χ0v) is 9.60. The molecule has 0 bridgehead atoms. The second-order valence-corrected chi connectivity index (χ2v) is 3.89. The minimum absolute atomic E-state index is 0.0743. The van der Waals surface area contributed by atoms with E-state index in [1.165, 1.54) is 6.92 Å². The van der Waals surface area contributed by atoms with Gasteiger partial charge >= 0.3 is 0 Å². The number of nitrogens with one attached hydrogen (secondary N) is 1. The molecule has 2 rings (SSSR count). The fourth-order valence-electron chi connectivity index (χ4n) is 1.70. The minimum Gasteiger partial charge on any atom is -0.399 e. The number of benzene rings is 2. The number of carbonyl (C=O) groups excluding carboxylic acids is 1. The smallest absolute Gasteiger partial charge is 0.221 e. The lowest BCUT2D eigenvalue weighted by Gasteiger charge is -2.06. The van der Waals surface area contributed by atoms with E-state index in [9.17, 15) is 4.79 Å². The Hall–Kier alpha value is -2.29. The average Bonchev–Trinajstić information content (AvgIpc) is 2.28. The Bertz CT molecular complexity index is 549. The van der Waals surface area contributed by atoms with Crippen LogP contribution in [0.15, 0.2) is 48.5 Å². The van der Waals surface area contributed by atoms with E-state index in [0.29, 0.717) is 0 Å². The first-order valence-electron chi connectivity index (χ1n) is 5.39. The molecule has 0 aromatic heterocycles. The molecule has 0 radical (unpaired) electrons. The van der Waals surface area contributed by atoms with E-state index in [1.54, 1.807) is 0 Å². The molecule has 0 aliphatic carbocycles. The molecular formula is C14H14N2O. The molecule has 0 heterocycles. The van der Waals surface area contributed by atoms with Gasteiger partial charge in [0.2, 0.25) is 5.91 Å². The van der Waals surface area contributed by atoms with Crippen LogP contribution in [0.5, 0.6) is 0 Å². The third kappa shape index (κ3) is 2.84. The van der Waals surface area contributed by atoms with Gasteiger partial charge in [0.15, 0.2) is 0 Å². The minimum atomic E-state index is -0.0743. The van der Waals surface area contributed by atoms with E-state index in [1.807, 2.05) is 48.5 Å². The maximum Gasteiger partial charge on any atom is 0.221 e. The summed E-state index contributed by atoms with van der Waals surface area (Å²) in [6.07, 6.45) is 0. The van der Waals surface area contributed by atoms with Gasteiger partial charge in [0, 0.05) is 18.3 Å². The van der Waals surface area contributed by atoms with E-state index in [4.69, 9.17) is 5.73 Å². The van der Waals surface area contributed by atoms with Crippen molar-refractivity contribution in [1.29, 1.82) is 0 Å². The van der Waals surface area contributed by atoms with Crippen molar-refractivity contribution in [3.8, 4) is 11.1 Å². The Labute approximate surface area is 100 Å². The van der Waals surface area contributed by atoms with E-state index in [0.717, 1.165) is 22.5 Å². The molecule has 0 atom stereocenters. The molecule has 0 fully saturated rings. The summed E-state index contributed by atoms with van der Waals surface area (Å²) in [6, 6.07) is 15.3. The van der Waals surface area contributed by atoms with Gasteiger partial charge in [-0.3, -0.25) is 4.79 Å². The molecule has 0 saturated carbocycles. The SMILES string of the molecule is CC(=O)Nc1cccc(-c2cccc(N)c2)c1. The summed E-state index contributed by atoms with van der Waals surface area (Å²) in [5.74, 6) is -0.0743. The molecule has 3 heteroatoms. The van der Waals surface area contributed by atoms with Crippen LogP contribution in [-0.4, -0.2) is 5.91 Å². The lowest BCUT2D eigenvalue weighted by atomic mass is 10.0. The molecule has 17 heavy (non-hydrogen) atoms. The first-order valence-corrected chi connectivity index (χ1v) is 5.39. The average molecular weight is 226 g/mol. The van der Waals surface area contributed by atoms with Crippen molar-refractivity contribution < 1.29 is 4.79 Å². The number of nitrogen functional groups attached to an aromatic ring is 1. The van der Waals surface area contributed by atoms with Crippen molar-refractivity contribution in [3.63, 3.8) is 0 Å². The molecular weight excluding hydrogens is 212 g/mol. The maximum atomic E-state index is 11.0. The number of nitrogens with two attached hydrogens (primary N) is 1. The Kier molecular flexibility index (Phi) is 3.10. The summed E-state index contributed by atoms with van der Waals surface area (Å²) in [7, 11) is 0. The highest BCUT2D eigenvalue weighted by atomic mass is 16.1. The summed E-state index contributed by atoms with van der Waals surface area (Å²) in [6.45, 7) is 1.49. The largest absolute Gasteiger partial charge is 0.399 e. The van der Waals surface area contributed by atoms with Gasteiger partial charge < -0.3 is 11.1 Å². The third-order valence-electron chi connectivity index (χ3n) is 2.40. The predicted molar refractivity (Wildman–Crippen MR) is 70.6 cm³/mol. The molecule has 3 N–H and O–H groups in total. The lowest BCUT2D eigenvalue weighted by Crippen LogP contribution is -2.05. The molecule has 0 aliphatic rings. The highest BCUT2D eigenvalue weighted by molar-refractivity contribution is 5.89. The fraction of sp³-hybridized carbons (Fsp3) is 0.0714. The van der Waals surface area contributed by atoms with E-state index in [2.05, 4.69) is 5.32 Å². The van der Waals surface area contributed by atoms with Gasteiger partial charge in [-0.05, 0) is 35.4 Å². The van der Waals surface area contributed by atoms with Crippen LogP contribution in [-0.2, 0) is 4.79 Å². The van der Waals surface area contributed by atoms with Crippen LogP contribution in [0.3, 0.4) is 0 Å². The van der Waals surface area contributed by atoms with Crippen molar-refractivity contribution in [1.82, 2.24) is 0 Å². The number of hydrogen-bond donors (Lipinski definition) is 2. The van der Waals surface area contributed by atoms with Gasteiger partial charge in [-0.1, -0.05) is 24.3 Å². The number of amides is 1. The van der Waals surface area contributed by atoms with Crippen LogP contribution in [0.2, 0.25) is 0 Å². The summed E-state index contributed by atoms with van der Waals surface area (Å²) in [5, 5.41) is 2.76. The molecule has 0 unspecified atom stereocenters. The van der Waals surface area contributed by atoms with Crippen molar-refractivity contribution >= 4 is 17.3 Å². The van der Waals surface area contributed by atoms with Crippen molar-refractivity contribution in [2.45, 2.75) is 6.92 Å². The van der Waals surface area contributed by atoms with Gasteiger partial charge in [-0.15, -0.1) is 0 Å². The zero-order valence-electron chi connectivity index (χ0n) is 9.60. The van der Waals surface area contributed by atoms with Crippen LogP contribution in [0, 0.1) is 0 Å². The topological polar surface area (TPSA) is 55.1 Å². The summed E-state index contributed by atoms with van der Waals surface area (Å²) < 4.78 is 0. The molecule has 2 aromatic rings. The zero-order chi connectivity index (χ0) is 12.3. The van der Waals surface area contributed by atoms with E-state index in [-0.39, 0.29) is 5.91 Å². The summed E-state index contributed by atoms with van der Waals surface area (Å²) >= 11 is 0. The van der Waals surface area contributed by atoms with Crippen molar-refractivity contribution in [2.75, 3.05) is 11.1 Å². The molecule has 0 saturated heterocycles. The first-order chi connectivity index (χ1) is 8.15. The quantitative estimate of drug-likeness (QED) is 0.773. The van der Waals surface area contributed by atoms with Gasteiger partial charge in [0.05, 0.1) is 0 Å². The predicted octanol–water partition coefficient (Wildman–Crippen LogP) is 2.89. The van der Waals surface area contributed by atoms with Gasteiger partial charge in [0.25, 0.3) is 0 Å².